The molecule has 0 aliphatic heterocycles. The molecule has 0 aromatic rings. The van der Waals surface area contributed by atoms with E-state index in [4.69, 9.17) is 35.5 Å². The second-order valence-corrected chi connectivity index (χ2v) is 2.90. The quantitative estimate of drug-likeness (QED) is 0.273. The van der Waals surface area contributed by atoms with E-state index in [0.29, 0.717) is 46.2 Å². The maximum atomic E-state index is 8.41. The SMILES string of the molecule is NC(N)OCCOCCOCCOCCO. The Morgan fingerprint density at radius 2 is 1.19 bits per heavy atom. The van der Waals surface area contributed by atoms with Crippen LogP contribution in [0.1, 0.15) is 0 Å². The molecule has 0 aliphatic rings. The van der Waals surface area contributed by atoms with Crippen molar-refractivity contribution in [3.63, 3.8) is 0 Å². The Hall–Kier alpha value is -0.280. The van der Waals surface area contributed by atoms with Gasteiger partial charge >= 0.3 is 0 Å². The number of ether oxygens (including phenoxy) is 4. The van der Waals surface area contributed by atoms with Crippen LogP contribution in [-0.4, -0.2) is 64.3 Å². The predicted molar refractivity (Wildman–Crippen MR) is 57.7 cm³/mol. The highest BCUT2D eigenvalue weighted by molar-refractivity contribution is 4.35. The minimum Gasteiger partial charge on any atom is -0.394 e. The largest absolute Gasteiger partial charge is 0.394 e. The molecule has 0 aliphatic carbocycles. The van der Waals surface area contributed by atoms with Crippen molar-refractivity contribution in [2.75, 3.05) is 52.9 Å². The van der Waals surface area contributed by atoms with Gasteiger partial charge in [-0.25, -0.2) is 0 Å². The highest BCUT2D eigenvalue weighted by Crippen LogP contribution is 1.82. The Bertz CT molecular complexity index is 137. The van der Waals surface area contributed by atoms with Gasteiger partial charge in [-0.3, -0.25) is 11.5 Å². The summed E-state index contributed by atoms with van der Waals surface area (Å²) in [4.78, 5) is 0. The maximum Gasteiger partial charge on any atom is 0.158 e. The van der Waals surface area contributed by atoms with Crippen LogP contribution in [0.25, 0.3) is 0 Å². The molecule has 0 spiro atoms. The van der Waals surface area contributed by atoms with Crippen molar-refractivity contribution < 1.29 is 24.1 Å². The van der Waals surface area contributed by atoms with Crippen molar-refractivity contribution in [1.82, 2.24) is 0 Å². The molecule has 98 valence electrons. The normalized spacial score (nSPS) is 11.2. The Balaban J connectivity index is 2.88. The van der Waals surface area contributed by atoms with E-state index >= 15 is 0 Å². The number of aliphatic hydroxyl groups excluding tert-OH is 1. The average molecular weight is 238 g/mol. The number of aliphatic hydroxyl groups is 1. The van der Waals surface area contributed by atoms with Crippen LogP contribution in [0.3, 0.4) is 0 Å². The third-order valence-corrected chi connectivity index (χ3v) is 1.52. The molecule has 0 aromatic carbocycles. The summed E-state index contributed by atoms with van der Waals surface area (Å²) in [5.74, 6) is 0. The number of rotatable bonds is 12. The molecule has 5 N–H and O–H groups in total. The van der Waals surface area contributed by atoms with Crippen LogP contribution in [0, 0.1) is 0 Å². The van der Waals surface area contributed by atoms with Crippen molar-refractivity contribution in [1.29, 1.82) is 0 Å². The lowest BCUT2D eigenvalue weighted by molar-refractivity contribution is -0.0179. The molecule has 0 heterocycles. The summed E-state index contributed by atoms with van der Waals surface area (Å²) in [5, 5.41) is 8.41. The first-order valence-corrected chi connectivity index (χ1v) is 5.24. The maximum absolute atomic E-state index is 8.41. The van der Waals surface area contributed by atoms with E-state index in [9.17, 15) is 0 Å². The standard InChI is InChI=1S/C9H22N2O5/c10-9(11)16-8-7-15-6-5-14-4-3-13-2-1-12/h9,12H,1-8,10-11H2. The van der Waals surface area contributed by atoms with Crippen LogP contribution in [-0.2, 0) is 18.9 Å². The van der Waals surface area contributed by atoms with Crippen LogP contribution in [0.5, 0.6) is 0 Å². The van der Waals surface area contributed by atoms with Gasteiger partial charge in [-0.1, -0.05) is 0 Å². The molecule has 7 nitrogen and oxygen atoms in total. The zero-order valence-corrected chi connectivity index (χ0v) is 9.47. The fraction of sp³-hybridized carbons (Fsp3) is 1.00. The zero-order chi connectivity index (χ0) is 12.1. The molecule has 16 heavy (non-hydrogen) atoms. The fourth-order valence-corrected chi connectivity index (χ4v) is 0.850. The van der Waals surface area contributed by atoms with Gasteiger partial charge in [0.1, 0.15) is 0 Å². The second-order valence-electron chi connectivity index (χ2n) is 2.90. The van der Waals surface area contributed by atoms with E-state index in [-0.39, 0.29) is 6.61 Å². The van der Waals surface area contributed by atoms with Crippen molar-refractivity contribution in [2.45, 2.75) is 6.35 Å². The van der Waals surface area contributed by atoms with Gasteiger partial charge in [-0.2, -0.15) is 0 Å². The molecule has 0 unspecified atom stereocenters. The molecule has 0 saturated carbocycles. The van der Waals surface area contributed by atoms with E-state index in [2.05, 4.69) is 0 Å². The monoisotopic (exact) mass is 238 g/mol. The summed E-state index contributed by atoms with van der Waals surface area (Å²) < 4.78 is 20.2. The smallest absolute Gasteiger partial charge is 0.158 e. The molecule has 0 radical (unpaired) electrons. The lowest BCUT2D eigenvalue weighted by atomic mass is 10.7. The number of hydrogen-bond acceptors (Lipinski definition) is 7. The first-order chi connectivity index (χ1) is 7.77. The molecule has 0 rings (SSSR count). The zero-order valence-electron chi connectivity index (χ0n) is 9.47. The summed E-state index contributed by atoms with van der Waals surface area (Å²) in [7, 11) is 0. The molecular formula is C9H22N2O5. The van der Waals surface area contributed by atoms with Crippen molar-refractivity contribution in [3.8, 4) is 0 Å². The predicted octanol–water partition coefficient (Wildman–Crippen LogP) is -1.75. The van der Waals surface area contributed by atoms with Gasteiger partial charge in [0.05, 0.1) is 52.9 Å². The van der Waals surface area contributed by atoms with Crippen LogP contribution in [0.15, 0.2) is 0 Å². The van der Waals surface area contributed by atoms with E-state index in [0.717, 1.165) is 0 Å². The third kappa shape index (κ3) is 13.7. The topological polar surface area (TPSA) is 109 Å². The molecule has 0 amide bonds. The summed E-state index contributed by atoms with van der Waals surface area (Å²) >= 11 is 0. The van der Waals surface area contributed by atoms with Gasteiger partial charge in [0.25, 0.3) is 0 Å². The molecule has 0 aromatic heterocycles. The lowest BCUT2D eigenvalue weighted by Crippen LogP contribution is -2.34. The van der Waals surface area contributed by atoms with Gasteiger partial charge in [-0.15, -0.1) is 0 Å². The molecule has 0 saturated heterocycles. The first kappa shape index (κ1) is 15.7. The Kier molecular flexibility index (Phi) is 12.6. The average Bonchev–Trinajstić information content (AvgIpc) is 2.25. The summed E-state index contributed by atoms with van der Waals surface area (Å²) in [6.07, 6.45) is -0.747. The Labute approximate surface area is 95.6 Å². The first-order valence-electron chi connectivity index (χ1n) is 5.24. The van der Waals surface area contributed by atoms with Crippen LogP contribution >= 0.6 is 0 Å². The Morgan fingerprint density at radius 3 is 1.62 bits per heavy atom. The molecule has 7 heteroatoms. The molecule has 0 fully saturated rings. The van der Waals surface area contributed by atoms with E-state index in [1.165, 1.54) is 0 Å². The lowest BCUT2D eigenvalue weighted by Gasteiger charge is -2.08. The molecule has 0 bridgehead atoms. The van der Waals surface area contributed by atoms with E-state index < -0.39 is 6.35 Å². The van der Waals surface area contributed by atoms with E-state index in [1.54, 1.807) is 0 Å². The minimum atomic E-state index is -0.747. The molecule has 0 atom stereocenters. The summed E-state index contributed by atoms with van der Waals surface area (Å²) in [6.45, 7) is 3.15. The third-order valence-electron chi connectivity index (χ3n) is 1.52. The Morgan fingerprint density at radius 1 is 0.750 bits per heavy atom. The highest BCUT2D eigenvalue weighted by atomic mass is 16.6. The van der Waals surface area contributed by atoms with Crippen LogP contribution < -0.4 is 11.5 Å². The van der Waals surface area contributed by atoms with Crippen LogP contribution in [0.2, 0.25) is 0 Å². The number of hydrogen-bond donors (Lipinski definition) is 3. The summed E-state index contributed by atoms with van der Waals surface area (Å²) in [5.41, 5.74) is 10.3. The minimum absolute atomic E-state index is 0.0341. The van der Waals surface area contributed by atoms with Gasteiger partial charge < -0.3 is 24.1 Å². The molecular weight excluding hydrogens is 216 g/mol. The van der Waals surface area contributed by atoms with Crippen molar-refractivity contribution in [3.05, 3.63) is 0 Å². The second kappa shape index (κ2) is 12.8. The van der Waals surface area contributed by atoms with Crippen molar-refractivity contribution >= 4 is 0 Å². The summed E-state index contributed by atoms with van der Waals surface area (Å²) in [6, 6.07) is 0. The highest BCUT2D eigenvalue weighted by Gasteiger charge is 1.94. The van der Waals surface area contributed by atoms with Gasteiger partial charge in [0.2, 0.25) is 0 Å². The van der Waals surface area contributed by atoms with Gasteiger partial charge in [0, 0.05) is 0 Å². The van der Waals surface area contributed by atoms with Crippen molar-refractivity contribution in [2.24, 2.45) is 11.5 Å². The number of nitrogens with two attached hydrogens (primary N) is 2. The van der Waals surface area contributed by atoms with E-state index in [1.807, 2.05) is 0 Å². The van der Waals surface area contributed by atoms with Gasteiger partial charge in [-0.05, 0) is 0 Å². The fourth-order valence-electron chi connectivity index (χ4n) is 0.850. The van der Waals surface area contributed by atoms with Crippen LogP contribution in [0.4, 0.5) is 0 Å². The van der Waals surface area contributed by atoms with Gasteiger partial charge in [0.15, 0.2) is 6.35 Å².